The zero-order chi connectivity index (χ0) is 22.3. The van der Waals surface area contributed by atoms with E-state index in [0.29, 0.717) is 12.1 Å². The Kier molecular flexibility index (Phi) is 8.04. The fourth-order valence-corrected chi connectivity index (χ4v) is 5.16. The van der Waals surface area contributed by atoms with Crippen molar-refractivity contribution < 1.29 is 9.13 Å². The molecule has 0 unspecified atom stereocenters. The van der Waals surface area contributed by atoms with Gasteiger partial charge in [-0.05, 0) is 76.3 Å². The quantitative estimate of drug-likeness (QED) is 0.635. The summed E-state index contributed by atoms with van der Waals surface area (Å²) < 4.78 is 19.8. The third-order valence-electron chi connectivity index (χ3n) is 6.88. The molecule has 0 bridgehead atoms. The predicted octanol–water partition coefficient (Wildman–Crippen LogP) is 4.88. The van der Waals surface area contributed by atoms with Crippen molar-refractivity contribution in [1.82, 2.24) is 10.2 Å². The van der Waals surface area contributed by atoms with Gasteiger partial charge in [-0.15, -0.1) is 0 Å². The number of benzene rings is 2. The number of para-hydroxylation sites is 2. The molecule has 2 aliphatic rings. The van der Waals surface area contributed by atoms with Gasteiger partial charge in [0.2, 0.25) is 0 Å². The summed E-state index contributed by atoms with van der Waals surface area (Å²) in [6, 6.07) is 16.8. The van der Waals surface area contributed by atoms with Crippen LogP contribution in [0.4, 0.5) is 10.1 Å². The van der Waals surface area contributed by atoms with Crippen LogP contribution in [0.1, 0.15) is 45.1 Å². The van der Waals surface area contributed by atoms with Crippen LogP contribution in [0.5, 0.6) is 5.75 Å². The number of anilines is 1. The van der Waals surface area contributed by atoms with E-state index < -0.39 is 0 Å². The molecule has 1 saturated heterocycles. The highest BCUT2D eigenvalue weighted by molar-refractivity contribution is 5.58. The number of ether oxygens (including phenoxy) is 1. The summed E-state index contributed by atoms with van der Waals surface area (Å²) in [7, 11) is 0. The zero-order valence-corrected chi connectivity index (χ0v) is 19.6. The van der Waals surface area contributed by atoms with Gasteiger partial charge in [0.25, 0.3) is 0 Å². The molecule has 0 amide bonds. The van der Waals surface area contributed by atoms with E-state index in [1.165, 1.54) is 31.4 Å². The third-order valence-corrected chi connectivity index (χ3v) is 6.88. The summed E-state index contributed by atoms with van der Waals surface area (Å²) in [5.74, 6) is 0.911. The molecule has 2 aromatic rings. The molecule has 1 heterocycles. The summed E-state index contributed by atoms with van der Waals surface area (Å²) in [4.78, 5) is 5.17. The van der Waals surface area contributed by atoms with Crippen molar-refractivity contribution in [3.63, 3.8) is 0 Å². The van der Waals surface area contributed by atoms with E-state index in [2.05, 4.69) is 53.2 Å². The topological polar surface area (TPSA) is 27.7 Å². The van der Waals surface area contributed by atoms with Crippen LogP contribution >= 0.6 is 0 Å². The van der Waals surface area contributed by atoms with Crippen molar-refractivity contribution in [2.75, 3.05) is 37.6 Å². The van der Waals surface area contributed by atoms with Crippen molar-refractivity contribution in [3.05, 3.63) is 59.9 Å². The van der Waals surface area contributed by atoms with Gasteiger partial charge in [0.05, 0.1) is 11.8 Å². The number of piperazine rings is 1. The van der Waals surface area contributed by atoms with Gasteiger partial charge in [-0.1, -0.05) is 30.3 Å². The minimum atomic E-state index is -0.0875. The Morgan fingerprint density at radius 3 is 2.34 bits per heavy atom. The molecular weight excluding hydrogens is 401 g/mol. The molecule has 4 nitrogen and oxygen atoms in total. The summed E-state index contributed by atoms with van der Waals surface area (Å²) in [6.45, 7) is 9.36. The Bertz CT molecular complexity index is 842. The smallest absolute Gasteiger partial charge is 0.142 e. The fraction of sp³-hybridized carbons (Fsp3) is 0.556. The lowest BCUT2D eigenvalue weighted by Gasteiger charge is -2.43. The van der Waals surface area contributed by atoms with Gasteiger partial charge in [-0.25, -0.2) is 4.39 Å². The Morgan fingerprint density at radius 2 is 1.62 bits per heavy atom. The number of nitrogens with one attached hydrogen (secondary N) is 1. The Labute approximate surface area is 192 Å². The normalized spacial score (nSPS) is 22.3. The van der Waals surface area contributed by atoms with Gasteiger partial charge in [0, 0.05) is 38.3 Å². The van der Waals surface area contributed by atoms with Crippen molar-refractivity contribution in [1.29, 1.82) is 0 Å². The highest BCUT2D eigenvalue weighted by Gasteiger charge is 2.29. The lowest BCUT2D eigenvalue weighted by molar-refractivity contribution is 0.136. The highest BCUT2D eigenvalue weighted by Crippen LogP contribution is 2.31. The van der Waals surface area contributed by atoms with Crippen molar-refractivity contribution in [3.8, 4) is 5.75 Å². The van der Waals surface area contributed by atoms with Gasteiger partial charge in [0.15, 0.2) is 0 Å². The second kappa shape index (κ2) is 11.2. The molecule has 4 rings (SSSR count). The van der Waals surface area contributed by atoms with E-state index in [1.54, 1.807) is 12.1 Å². The maximum atomic E-state index is 13.8. The molecule has 1 aliphatic heterocycles. The van der Waals surface area contributed by atoms with Crippen LogP contribution in [0.15, 0.2) is 48.5 Å². The molecule has 0 radical (unpaired) electrons. The minimum absolute atomic E-state index is 0.0875. The summed E-state index contributed by atoms with van der Waals surface area (Å²) >= 11 is 0. The molecule has 0 aromatic heterocycles. The molecule has 174 valence electrons. The van der Waals surface area contributed by atoms with Crippen LogP contribution in [0.3, 0.4) is 0 Å². The number of rotatable bonds is 8. The molecule has 1 aliphatic carbocycles. The number of nitrogens with zero attached hydrogens (tertiary/aromatic N) is 2. The Morgan fingerprint density at radius 1 is 0.938 bits per heavy atom. The summed E-state index contributed by atoms with van der Waals surface area (Å²) in [5.41, 5.74) is 2.04. The van der Waals surface area contributed by atoms with Gasteiger partial charge >= 0.3 is 0 Å². The van der Waals surface area contributed by atoms with Crippen LogP contribution < -0.4 is 15.0 Å². The van der Waals surface area contributed by atoms with Crippen LogP contribution in [-0.4, -0.2) is 55.8 Å². The van der Waals surface area contributed by atoms with E-state index in [0.717, 1.165) is 50.5 Å². The third kappa shape index (κ3) is 6.02. The number of hydrogen-bond acceptors (Lipinski definition) is 4. The van der Waals surface area contributed by atoms with E-state index in [9.17, 15) is 4.39 Å². The van der Waals surface area contributed by atoms with Crippen LogP contribution in [-0.2, 0) is 6.42 Å². The first-order valence-corrected chi connectivity index (χ1v) is 12.3. The van der Waals surface area contributed by atoms with Gasteiger partial charge in [-0.3, -0.25) is 4.90 Å². The average Bonchev–Trinajstić information content (AvgIpc) is 2.81. The first-order chi connectivity index (χ1) is 15.6. The van der Waals surface area contributed by atoms with E-state index in [4.69, 9.17) is 4.74 Å². The summed E-state index contributed by atoms with van der Waals surface area (Å²) in [5, 5.41) is 3.66. The maximum absolute atomic E-state index is 13.8. The molecule has 0 spiro atoms. The van der Waals surface area contributed by atoms with E-state index >= 15 is 0 Å². The molecular formula is C27H38FN3O. The first-order valence-electron chi connectivity index (χ1n) is 12.3. The average molecular weight is 440 g/mol. The van der Waals surface area contributed by atoms with Crippen molar-refractivity contribution in [2.45, 2.75) is 64.1 Å². The van der Waals surface area contributed by atoms with E-state index in [1.807, 2.05) is 12.1 Å². The minimum Gasteiger partial charge on any atom is -0.489 e. The lowest BCUT2D eigenvalue weighted by atomic mass is 9.89. The van der Waals surface area contributed by atoms with Crippen LogP contribution in [0, 0.1) is 5.82 Å². The monoisotopic (exact) mass is 439 g/mol. The number of hydrogen-bond donors (Lipinski definition) is 1. The Balaban J connectivity index is 1.19. The van der Waals surface area contributed by atoms with Crippen LogP contribution in [0.25, 0.3) is 0 Å². The molecule has 1 saturated carbocycles. The molecule has 2 fully saturated rings. The largest absolute Gasteiger partial charge is 0.489 e. The van der Waals surface area contributed by atoms with E-state index in [-0.39, 0.29) is 11.9 Å². The molecule has 0 atom stereocenters. The second-order valence-electron chi connectivity index (χ2n) is 9.46. The molecule has 1 N–H and O–H groups in total. The lowest BCUT2D eigenvalue weighted by Crippen LogP contribution is -2.52. The fourth-order valence-electron chi connectivity index (χ4n) is 5.16. The van der Waals surface area contributed by atoms with Gasteiger partial charge in [0.1, 0.15) is 11.6 Å². The standard InChI is InChI=1S/C27H38FN3O/c1-21(2)32-27-10-6-5-9-26(27)31-19-17-30(18-20-31)24-13-11-23(12-14-24)29-16-15-22-7-3-4-8-25(22)28/h3-10,21,23-24,29H,11-20H2,1-2H3. The van der Waals surface area contributed by atoms with Crippen LogP contribution in [0.2, 0.25) is 0 Å². The number of halogens is 1. The van der Waals surface area contributed by atoms with Crippen molar-refractivity contribution in [2.24, 2.45) is 0 Å². The first kappa shape index (κ1) is 23.1. The zero-order valence-electron chi connectivity index (χ0n) is 19.6. The Hall–Kier alpha value is -2.11. The second-order valence-corrected chi connectivity index (χ2v) is 9.46. The summed E-state index contributed by atoms with van der Waals surface area (Å²) in [6.07, 6.45) is 5.89. The highest BCUT2D eigenvalue weighted by atomic mass is 19.1. The molecule has 32 heavy (non-hydrogen) atoms. The predicted molar refractivity (Wildman–Crippen MR) is 130 cm³/mol. The van der Waals surface area contributed by atoms with Crippen molar-refractivity contribution >= 4 is 5.69 Å². The maximum Gasteiger partial charge on any atom is 0.142 e. The molecule has 2 aromatic carbocycles. The van der Waals surface area contributed by atoms with Gasteiger partial charge < -0.3 is 15.0 Å². The molecule has 5 heteroatoms. The van der Waals surface area contributed by atoms with Gasteiger partial charge in [-0.2, -0.15) is 0 Å². The SMILES string of the molecule is CC(C)Oc1ccccc1N1CCN(C2CCC(NCCc3ccccc3F)CC2)CC1.